The Labute approximate surface area is 85.3 Å². The van der Waals surface area contributed by atoms with E-state index in [2.05, 4.69) is 32.2 Å². The second-order valence-electron chi connectivity index (χ2n) is 4.04. The van der Waals surface area contributed by atoms with Crippen LogP contribution in [0.15, 0.2) is 20.7 Å². The van der Waals surface area contributed by atoms with Crippen LogP contribution in [0.3, 0.4) is 0 Å². The fourth-order valence-corrected chi connectivity index (χ4v) is 10.7. The topological polar surface area (TPSA) is 0 Å². The van der Waals surface area contributed by atoms with Crippen molar-refractivity contribution in [3.8, 4) is 0 Å². The average molecular weight is 268 g/mol. The van der Waals surface area contributed by atoms with Crippen molar-refractivity contribution in [2.24, 2.45) is 0 Å². The summed E-state index contributed by atoms with van der Waals surface area (Å²) >= 11 is 0.759. The normalized spacial score (nSPS) is 18.1. The van der Waals surface area contributed by atoms with Gasteiger partial charge < -0.3 is 0 Å². The number of hydrogen-bond acceptors (Lipinski definition) is 0. The fourth-order valence-electron chi connectivity index (χ4n) is 1.60. The van der Waals surface area contributed by atoms with E-state index in [0.29, 0.717) is 0 Å². The van der Waals surface area contributed by atoms with Crippen molar-refractivity contribution in [3.05, 3.63) is 20.7 Å². The molecule has 0 aliphatic heterocycles. The van der Waals surface area contributed by atoms with Crippen molar-refractivity contribution in [1.29, 1.82) is 0 Å². The Kier molecular flexibility index (Phi) is 3.09. The van der Waals surface area contributed by atoms with Crippen LogP contribution >= 0.6 is 0 Å². The van der Waals surface area contributed by atoms with Crippen LogP contribution in [-0.2, 0) is 0 Å². The molecular formula is C9H17InSi. The summed E-state index contributed by atoms with van der Waals surface area (Å²) in [6.07, 6.45) is 6.05. The number of rotatable bonds is 2. The van der Waals surface area contributed by atoms with Crippen molar-refractivity contribution >= 4 is 32.4 Å². The van der Waals surface area contributed by atoms with Gasteiger partial charge in [-0.25, -0.2) is 0 Å². The van der Waals surface area contributed by atoms with Crippen molar-refractivity contribution in [2.75, 3.05) is 0 Å². The van der Waals surface area contributed by atoms with E-state index in [1.807, 2.05) is 3.33 Å². The predicted molar refractivity (Wildman–Crippen MR) is 57.3 cm³/mol. The maximum absolute atomic E-state index is 2.49. The first-order valence-electron chi connectivity index (χ1n) is 4.44. The van der Waals surface area contributed by atoms with Crippen LogP contribution in [0.2, 0.25) is 19.1 Å². The van der Waals surface area contributed by atoms with Crippen LogP contribution in [0.1, 0.15) is 13.3 Å². The van der Waals surface area contributed by atoms with Crippen LogP contribution in [-0.4, -0.2) is 32.4 Å². The van der Waals surface area contributed by atoms with E-state index in [-0.39, 0.29) is 0 Å². The van der Waals surface area contributed by atoms with Gasteiger partial charge in [0, 0.05) is 0 Å². The maximum atomic E-state index is 2.49. The summed E-state index contributed by atoms with van der Waals surface area (Å²) in [5.74, 6) is 0. The second-order valence-corrected chi connectivity index (χ2v) is 12.5. The third kappa shape index (κ3) is 2.03. The molecule has 0 N–H and O–H groups in total. The Hall–Kier alpha value is 0.567. The molecule has 0 spiro atoms. The van der Waals surface area contributed by atoms with E-state index in [0.717, 1.165) is 24.4 Å². The van der Waals surface area contributed by atoms with Crippen molar-refractivity contribution in [3.63, 3.8) is 0 Å². The summed E-state index contributed by atoms with van der Waals surface area (Å²) in [7, 11) is -0.962. The molecule has 11 heavy (non-hydrogen) atoms. The van der Waals surface area contributed by atoms with Crippen LogP contribution in [0, 0.1) is 0 Å². The molecule has 0 saturated heterocycles. The SMILES string of the molecule is CC[Si](C)(C)C1=[C]([InH2])CC=C1. The van der Waals surface area contributed by atoms with Gasteiger partial charge in [-0.15, -0.1) is 0 Å². The zero-order valence-corrected chi connectivity index (χ0v) is 14.8. The Morgan fingerprint density at radius 1 is 1.55 bits per heavy atom. The molecule has 1 rings (SSSR count). The van der Waals surface area contributed by atoms with Gasteiger partial charge in [-0.3, -0.25) is 0 Å². The molecular weight excluding hydrogens is 251 g/mol. The molecule has 0 aromatic heterocycles. The Bertz CT molecular complexity index is 214. The fraction of sp³-hybridized carbons (Fsp3) is 0.556. The zero-order valence-electron chi connectivity index (χ0n) is 8.07. The molecule has 0 aromatic rings. The van der Waals surface area contributed by atoms with Gasteiger partial charge in [-0.05, 0) is 0 Å². The van der Waals surface area contributed by atoms with E-state index < -0.39 is 8.07 Å². The molecule has 0 atom stereocenters. The predicted octanol–water partition coefficient (Wildman–Crippen LogP) is 2.10. The number of allylic oxidation sites excluding steroid dienone is 4. The van der Waals surface area contributed by atoms with E-state index in [1.54, 1.807) is 5.20 Å². The summed E-state index contributed by atoms with van der Waals surface area (Å²) in [5, 5.41) is 1.79. The van der Waals surface area contributed by atoms with Gasteiger partial charge in [-0.1, -0.05) is 0 Å². The van der Waals surface area contributed by atoms with E-state index in [4.69, 9.17) is 0 Å². The standard InChI is InChI=1S/C9H15Si.In.2H/c1-4-10(2,3)9-7-5-6-8-9;;;/h5,7H,4,6H2,1-3H3;;;. The summed E-state index contributed by atoms with van der Waals surface area (Å²) in [6.45, 7) is 7.33. The minimum absolute atomic E-state index is 0.759. The monoisotopic (exact) mass is 268 g/mol. The molecule has 2 heteroatoms. The first-order chi connectivity index (χ1) is 5.08. The minimum atomic E-state index is -0.962. The Morgan fingerprint density at radius 2 is 2.18 bits per heavy atom. The quantitative estimate of drug-likeness (QED) is 0.673. The van der Waals surface area contributed by atoms with Gasteiger partial charge in [0.15, 0.2) is 0 Å². The first-order valence-corrected chi connectivity index (χ1v) is 10.5. The van der Waals surface area contributed by atoms with Crippen LogP contribution in [0.5, 0.6) is 0 Å². The summed E-state index contributed by atoms with van der Waals surface area (Å²) in [4.78, 5) is 0. The molecule has 0 radical (unpaired) electrons. The second kappa shape index (κ2) is 3.52. The summed E-state index contributed by atoms with van der Waals surface area (Å²) in [6, 6.07) is 1.40. The van der Waals surface area contributed by atoms with Crippen molar-refractivity contribution in [1.82, 2.24) is 0 Å². The summed E-state index contributed by atoms with van der Waals surface area (Å²) in [5.41, 5.74) is 0. The molecule has 1 aliphatic rings. The van der Waals surface area contributed by atoms with Gasteiger partial charge in [0.1, 0.15) is 0 Å². The molecule has 60 valence electrons. The van der Waals surface area contributed by atoms with Crippen LogP contribution in [0.25, 0.3) is 0 Å². The van der Waals surface area contributed by atoms with Crippen molar-refractivity contribution < 1.29 is 0 Å². The molecule has 1 aliphatic carbocycles. The number of hydrogen-bond donors (Lipinski definition) is 0. The van der Waals surface area contributed by atoms with Gasteiger partial charge in [0.2, 0.25) is 0 Å². The zero-order chi connectivity index (χ0) is 8.48. The molecule has 0 aromatic carbocycles. The Balaban J connectivity index is 2.89. The van der Waals surface area contributed by atoms with Crippen molar-refractivity contribution in [2.45, 2.75) is 32.5 Å². The average Bonchev–Trinajstić information content (AvgIpc) is 2.36. The molecule has 0 unspecified atom stereocenters. The van der Waals surface area contributed by atoms with Crippen LogP contribution < -0.4 is 0 Å². The molecule has 0 amide bonds. The van der Waals surface area contributed by atoms with Gasteiger partial charge in [0.25, 0.3) is 0 Å². The van der Waals surface area contributed by atoms with Gasteiger partial charge >= 0.3 is 85.6 Å². The summed E-state index contributed by atoms with van der Waals surface area (Å²) < 4.78 is 1.82. The van der Waals surface area contributed by atoms with E-state index in [9.17, 15) is 0 Å². The Morgan fingerprint density at radius 3 is 2.55 bits per heavy atom. The molecule has 0 saturated carbocycles. The molecule has 0 bridgehead atoms. The van der Waals surface area contributed by atoms with Crippen LogP contribution in [0.4, 0.5) is 0 Å². The first kappa shape index (κ1) is 9.65. The van der Waals surface area contributed by atoms with E-state index in [1.165, 1.54) is 12.5 Å². The van der Waals surface area contributed by atoms with Gasteiger partial charge in [-0.2, -0.15) is 0 Å². The van der Waals surface area contributed by atoms with E-state index >= 15 is 0 Å². The molecule has 0 fully saturated rings. The third-order valence-electron chi connectivity index (χ3n) is 2.78. The third-order valence-corrected chi connectivity index (χ3v) is 10.7. The van der Waals surface area contributed by atoms with Gasteiger partial charge in [0.05, 0.1) is 0 Å². The molecule has 0 nitrogen and oxygen atoms in total. The molecule has 0 heterocycles.